The highest BCUT2D eigenvalue weighted by atomic mass is 16.2. The highest BCUT2D eigenvalue weighted by Crippen LogP contribution is 2.17. The molecule has 3 heteroatoms. The summed E-state index contributed by atoms with van der Waals surface area (Å²) in [6.07, 6.45) is 1.27. The van der Waals surface area contributed by atoms with Crippen LogP contribution in [0.3, 0.4) is 0 Å². The van der Waals surface area contributed by atoms with E-state index in [9.17, 15) is 4.79 Å². The lowest BCUT2D eigenvalue weighted by Gasteiger charge is -2.20. The van der Waals surface area contributed by atoms with E-state index in [0.29, 0.717) is 13.0 Å². The third-order valence-electron chi connectivity index (χ3n) is 3.60. The smallest absolute Gasteiger partial charge is 0.222 e. The molecule has 2 N–H and O–H groups in total. The van der Waals surface area contributed by atoms with Crippen molar-refractivity contribution < 1.29 is 4.79 Å². The Bertz CT molecular complexity index is 452. The molecular formula is C16H26N2O. The Morgan fingerprint density at radius 2 is 1.79 bits per heavy atom. The first-order valence-corrected chi connectivity index (χ1v) is 6.87. The topological polar surface area (TPSA) is 46.3 Å². The van der Waals surface area contributed by atoms with Gasteiger partial charge in [-0.15, -0.1) is 0 Å². The van der Waals surface area contributed by atoms with Gasteiger partial charge in [-0.25, -0.2) is 0 Å². The molecule has 0 radical (unpaired) electrons. The number of hydrogen-bond donors (Lipinski definition) is 1. The minimum absolute atomic E-state index is 0.0840. The summed E-state index contributed by atoms with van der Waals surface area (Å²) in [6, 6.07) is 4.45. The van der Waals surface area contributed by atoms with Crippen molar-refractivity contribution in [3.05, 3.63) is 34.4 Å². The van der Waals surface area contributed by atoms with Crippen LogP contribution in [-0.4, -0.2) is 23.9 Å². The standard InChI is InChI=1S/C16H26N2O/c1-11-8-13(3)15(9-12(11)2)10-18(5)16(19)7-6-14(4)17/h8-9,14H,6-7,10,17H2,1-5H3. The molecule has 1 aromatic rings. The van der Waals surface area contributed by atoms with Crippen molar-refractivity contribution in [1.29, 1.82) is 0 Å². The fraction of sp³-hybridized carbons (Fsp3) is 0.562. The minimum atomic E-state index is 0.0840. The van der Waals surface area contributed by atoms with Crippen LogP contribution in [0.15, 0.2) is 12.1 Å². The molecule has 0 saturated carbocycles. The van der Waals surface area contributed by atoms with Crippen molar-refractivity contribution in [2.75, 3.05) is 7.05 Å². The average Bonchev–Trinajstić information content (AvgIpc) is 2.32. The minimum Gasteiger partial charge on any atom is -0.341 e. The molecular weight excluding hydrogens is 236 g/mol. The van der Waals surface area contributed by atoms with Crippen LogP contribution < -0.4 is 5.73 Å². The molecule has 0 aliphatic heterocycles. The van der Waals surface area contributed by atoms with Gasteiger partial charge in [-0.1, -0.05) is 12.1 Å². The summed E-state index contributed by atoms with van der Waals surface area (Å²) in [4.78, 5) is 13.8. The highest BCUT2D eigenvalue weighted by Gasteiger charge is 2.11. The van der Waals surface area contributed by atoms with Gasteiger partial charge in [0.05, 0.1) is 0 Å². The van der Waals surface area contributed by atoms with Crippen molar-refractivity contribution in [2.45, 2.75) is 53.1 Å². The second kappa shape index (κ2) is 6.71. The maximum absolute atomic E-state index is 12.0. The molecule has 3 nitrogen and oxygen atoms in total. The molecule has 0 bridgehead atoms. The van der Waals surface area contributed by atoms with E-state index >= 15 is 0 Å². The van der Waals surface area contributed by atoms with Crippen LogP contribution in [0.5, 0.6) is 0 Å². The summed E-state index contributed by atoms with van der Waals surface area (Å²) < 4.78 is 0. The second-order valence-electron chi connectivity index (χ2n) is 5.63. The van der Waals surface area contributed by atoms with Crippen LogP contribution in [0, 0.1) is 20.8 Å². The predicted molar refractivity (Wildman–Crippen MR) is 80.0 cm³/mol. The molecule has 1 rings (SSSR count). The average molecular weight is 262 g/mol. The Hall–Kier alpha value is -1.35. The summed E-state index contributed by atoms with van der Waals surface area (Å²) in [7, 11) is 1.86. The Balaban J connectivity index is 2.69. The van der Waals surface area contributed by atoms with Crippen LogP contribution in [0.1, 0.15) is 42.0 Å². The van der Waals surface area contributed by atoms with E-state index in [4.69, 9.17) is 5.73 Å². The zero-order valence-electron chi connectivity index (χ0n) is 12.8. The molecule has 0 fully saturated rings. The molecule has 1 aromatic carbocycles. The van der Waals surface area contributed by atoms with Crippen molar-refractivity contribution >= 4 is 5.91 Å². The van der Waals surface area contributed by atoms with Gasteiger partial charge in [-0.3, -0.25) is 4.79 Å². The number of benzene rings is 1. The van der Waals surface area contributed by atoms with Crippen molar-refractivity contribution in [1.82, 2.24) is 4.90 Å². The van der Waals surface area contributed by atoms with Gasteiger partial charge in [-0.2, -0.15) is 0 Å². The first-order valence-electron chi connectivity index (χ1n) is 6.87. The van der Waals surface area contributed by atoms with Crippen LogP contribution in [0.25, 0.3) is 0 Å². The maximum atomic E-state index is 12.0. The summed E-state index contributed by atoms with van der Waals surface area (Å²) in [5, 5.41) is 0. The van der Waals surface area contributed by atoms with Gasteiger partial charge in [0.2, 0.25) is 5.91 Å². The van der Waals surface area contributed by atoms with Gasteiger partial charge in [0.1, 0.15) is 0 Å². The number of carbonyl (C=O) groups excluding carboxylic acids is 1. The Morgan fingerprint density at radius 3 is 2.37 bits per heavy atom. The molecule has 19 heavy (non-hydrogen) atoms. The van der Waals surface area contributed by atoms with Crippen molar-refractivity contribution in [3.63, 3.8) is 0 Å². The largest absolute Gasteiger partial charge is 0.341 e. The normalized spacial score (nSPS) is 12.3. The molecule has 106 valence electrons. The summed E-state index contributed by atoms with van der Waals surface area (Å²) in [5.74, 6) is 0.162. The molecule has 0 aromatic heterocycles. The number of aryl methyl sites for hydroxylation is 3. The van der Waals surface area contributed by atoms with Gasteiger partial charge in [0, 0.05) is 26.1 Å². The zero-order chi connectivity index (χ0) is 14.6. The Kier molecular flexibility index (Phi) is 5.55. The molecule has 0 aliphatic rings. The maximum Gasteiger partial charge on any atom is 0.222 e. The summed E-state index contributed by atoms with van der Waals surface area (Å²) in [5.41, 5.74) is 10.7. The SMILES string of the molecule is Cc1cc(C)c(CN(C)C(=O)CCC(C)N)cc1C. The third kappa shape index (κ3) is 4.67. The summed E-state index contributed by atoms with van der Waals surface area (Å²) in [6.45, 7) is 8.92. The van der Waals surface area contributed by atoms with E-state index in [0.717, 1.165) is 6.42 Å². The van der Waals surface area contributed by atoms with E-state index in [1.165, 1.54) is 22.3 Å². The van der Waals surface area contributed by atoms with Gasteiger partial charge >= 0.3 is 0 Å². The van der Waals surface area contributed by atoms with Crippen LogP contribution in [-0.2, 0) is 11.3 Å². The number of nitrogens with two attached hydrogens (primary N) is 1. The van der Waals surface area contributed by atoms with Gasteiger partial charge in [-0.05, 0) is 56.4 Å². The zero-order valence-corrected chi connectivity index (χ0v) is 12.8. The first kappa shape index (κ1) is 15.7. The monoisotopic (exact) mass is 262 g/mol. The predicted octanol–water partition coefficient (Wildman–Crippen LogP) is 2.70. The number of carbonyl (C=O) groups is 1. The summed E-state index contributed by atoms with van der Waals surface area (Å²) >= 11 is 0. The van der Waals surface area contributed by atoms with E-state index in [1.807, 2.05) is 14.0 Å². The van der Waals surface area contributed by atoms with E-state index in [2.05, 4.69) is 32.9 Å². The fourth-order valence-corrected chi connectivity index (χ4v) is 2.08. The number of hydrogen-bond acceptors (Lipinski definition) is 2. The van der Waals surface area contributed by atoms with Crippen LogP contribution in [0.4, 0.5) is 0 Å². The lowest BCUT2D eigenvalue weighted by Crippen LogP contribution is -2.28. The number of nitrogens with zero attached hydrogens (tertiary/aromatic N) is 1. The van der Waals surface area contributed by atoms with Gasteiger partial charge < -0.3 is 10.6 Å². The second-order valence-corrected chi connectivity index (χ2v) is 5.63. The first-order chi connectivity index (χ1) is 8.81. The molecule has 1 unspecified atom stereocenters. The molecule has 1 amide bonds. The quantitative estimate of drug-likeness (QED) is 0.887. The molecule has 0 spiro atoms. The van der Waals surface area contributed by atoms with Crippen molar-refractivity contribution in [2.24, 2.45) is 5.73 Å². The van der Waals surface area contributed by atoms with Gasteiger partial charge in [0.15, 0.2) is 0 Å². The van der Waals surface area contributed by atoms with Crippen molar-refractivity contribution in [3.8, 4) is 0 Å². The number of rotatable bonds is 5. The van der Waals surface area contributed by atoms with Crippen LogP contribution in [0.2, 0.25) is 0 Å². The highest BCUT2D eigenvalue weighted by molar-refractivity contribution is 5.75. The van der Waals surface area contributed by atoms with E-state index in [-0.39, 0.29) is 11.9 Å². The van der Waals surface area contributed by atoms with E-state index < -0.39 is 0 Å². The third-order valence-corrected chi connectivity index (χ3v) is 3.60. The fourth-order valence-electron chi connectivity index (χ4n) is 2.08. The number of amides is 1. The van der Waals surface area contributed by atoms with E-state index in [1.54, 1.807) is 4.90 Å². The Morgan fingerprint density at radius 1 is 1.21 bits per heavy atom. The Labute approximate surface area is 116 Å². The molecule has 1 atom stereocenters. The molecule has 0 aliphatic carbocycles. The van der Waals surface area contributed by atoms with Crippen LogP contribution >= 0.6 is 0 Å². The molecule has 0 heterocycles. The lowest BCUT2D eigenvalue weighted by atomic mass is 10.0. The van der Waals surface area contributed by atoms with Gasteiger partial charge in [0.25, 0.3) is 0 Å². The molecule has 0 saturated heterocycles. The lowest BCUT2D eigenvalue weighted by molar-refractivity contribution is -0.130.